The molecule has 9 heteroatoms. The zero-order valence-electron chi connectivity index (χ0n) is 26.6. The lowest BCUT2D eigenvalue weighted by Gasteiger charge is -2.34. The number of nitrogens with zero attached hydrogens (tertiary/aromatic N) is 3. The van der Waals surface area contributed by atoms with Gasteiger partial charge in [0, 0.05) is 79.9 Å². The van der Waals surface area contributed by atoms with E-state index >= 15 is 0 Å². The molecule has 44 heavy (non-hydrogen) atoms. The standard InChI is InChI=1S/C35H47N5O4/c1-23-17-24(2)37-35(42)32(23)20-36-34(41)31-19-30-18-29(28-7-5-27(6-8-28)21-38-9-13-43-14-10-38)22-40(30)33(25(31)3)26(4)39-11-15-44-16-12-39/h5-8,18-19,22-24,26,32H,9-17,20-21H2,1-4H3,(H,36,41)(H,37,42). The minimum Gasteiger partial charge on any atom is -0.379 e. The van der Waals surface area contributed by atoms with Gasteiger partial charge in [0.1, 0.15) is 0 Å². The van der Waals surface area contributed by atoms with Crippen LogP contribution in [-0.4, -0.2) is 91.2 Å². The number of fused-ring (bicyclic) bond motifs is 1. The largest absolute Gasteiger partial charge is 0.379 e. The SMILES string of the molecule is Cc1c(C(=O)NCC2C(=O)NC(C)CC2C)cc2cc(-c3ccc(CN4CCOCC4)cc3)cn2c1C(C)N1CCOCC1. The first-order valence-electron chi connectivity index (χ1n) is 16.2. The molecule has 0 spiro atoms. The molecule has 0 aliphatic carbocycles. The lowest BCUT2D eigenvalue weighted by molar-refractivity contribution is -0.129. The van der Waals surface area contributed by atoms with E-state index < -0.39 is 0 Å². The number of aromatic nitrogens is 1. The first kappa shape index (κ1) is 30.8. The number of nitrogens with one attached hydrogen (secondary N) is 2. The molecule has 2 N–H and O–H groups in total. The second-order valence-corrected chi connectivity index (χ2v) is 12.9. The average Bonchev–Trinajstić information content (AvgIpc) is 3.45. The van der Waals surface area contributed by atoms with Gasteiger partial charge in [-0.1, -0.05) is 31.2 Å². The summed E-state index contributed by atoms with van der Waals surface area (Å²) >= 11 is 0. The fourth-order valence-corrected chi connectivity index (χ4v) is 7.22. The molecule has 0 radical (unpaired) electrons. The third-order valence-electron chi connectivity index (χ3n) is 9.84. The van der Waals surface area contributed by atoms with Crippen LogP contribution in [0.15, 0.2) is 42.6 Å². The molecule has 0 saturated carbocycles. The fourth-order valence-electron chi connectivity index (χ4n) is 7.22. The maximum Gasteiger partial charge on any atom is 0.251 e. The van der Waals surface area contributed by atoms with Crippen molar-refractivity contribution in [2.75, 3.05) is 59.2 Å². The molecule has 1 aromatic carbocycles. The zero-order chi connectivity index (χ0) is 30.8. The molecule has 4 unspecified atom stereocenters. The average molecular weight is 602 g/mol. The molecular formula is C35H47N5O4. The van der Waals surface area contributed by atoms with Crippen molar-refractivity contribution in [3.63, 3.8) is 0 Å². The maximum atomic E-state index is 13.8. The number of morpholine rings is 2. The van der Waals surface area contributed by atoms with Crippen molar-refractivity contribution < 1.29 is 19.1 Å². The second-order valence-electron chi connectivity index (χ2n) is 12.9. The summed E-state index contributed by atoms with van der Waals surface area (Å²) in [5.41, 5.74) is 7.30. The normalized spacial score (nSPS) is 24.3. The molecule has 5 heterocycles. The highest BCUT2D eigenvalue weighted by molar-refractivity contribution is 5.97. The van der Waals surface area contributed by atoms with E-state index in [-0.39, 0.29) is 35.7 Å². The molecule has 3 aliphatic heterocycles. The Morgan fingerprint density at radius 3 is 2.36 bits per heavy atom. The van der Waals surface area contributed by atoms with Crippen molar-refractivity contribution in [3.8, 4) is 11.1 Å². The highest BCUT2D eigenvalue weighted by Crippen LogP contribution is 2.32. The Morgan fingerprint density at radius 1 is 1.00 bits per heavy atom. The van der Waals surface area contributed by atoms with Crippen LogP contribution in [0.25, 0.3) is 16.6 Å². The van der Waals surface area contributed by atoms with E-state index in [1.54, 1.807) is 0 Å². The number of rotatable bonds is 8. The minimum atomic E-state index is -0.225. The van der Waals surface area contributed by atoms with Gasteiger partial charge in [0.05, 0.1) is 32.3 Å². The van der Waals surface area contributed by atoms with Crippen molar-refractivity contribution >= 4 is 17.3 Å². The van der Waals surface area contributed by atoms with E-state index in [0.29, 0.717) is 25.3 Å². The molecule has 3 aliphatic rings. The Morgan fingerprint density at radius 2 is 1.68 bits per heavy atom. The molecule has 6 rings (SSSR count). The molecule has 3 saturated heterocycles. The Hall–Kier alpha value is -3.24. The monoisotopic (exact) mass is 601 g/mol. The fraction of sp³-hybridized carbons (Fsp3) is 0.543. The molecule has 236 valence electrons. The molecule has 2 amide bonds. The predicted octanol–water partition coefficient (Wildman–Crippen LogP) is 4.03. The van der Waals surface area contributed by atoms with Crippen molar-refractivity contribution in [1.82, 2.24) is 24.8 Å². The minimum absolute atomic E-state index is 0.0255. The summed E-state index contributed by atoms with van der Waals surface area (Å²) in [5, 5.41) is 6.16. The Labute approximate surface area is 260 Å². The van der Waals surface area contributed by atoms with Crippen LogP contribution in [0.4, 0.5) is 0 Å². The van der Waals surface area contributed by atoms with Gasteiger partial charge in [-0.2, -0.15) is 0 Å². The van der Waals surface area contributed by atoms with Crippen molar-refractivity contribution in [2.45, 2.75) is 52.7 Å². The van der Waals surface area contributed by atoms with Gasteiger partial charge in [0.15, 0.2) is 0 Å². The molecule has 2 aromatic heterocycles. The summed E-state index contributed by atoms with van der Waals surface area (Å²) in [6, 6.07) is 13.3. The Kier molecular flexibility index (Phi) is 9.37. The van der Waals surface area contributed by atoms with Gasteiger partial charge in [0.25, 0.3) is 5.91 Å². The molecular weight excluding hydrogens is 554 g/mol. The van der Waals surface area contributed by atoms with Crippen molar-refractivity contribution in [1.29, 1.82) is 0 Å². The summed E-state index contributed by atoms with van der Waals surface area (Å²) in [7, 11) is 0. The number of amides is 2. The topological polar surface area (TPSA) is 87.5 Å². The van der Waals surface area contributed by atoms with E-state index in [0.717, 1.165) is 80.3 Å². The van der Waals surface area contributed by atoms with Crippen LogP contribution in [0.5, 0.6) is 0 Å². The number of pyridine rings is 1. The number of carbonyl (C=O) groups excluding carboxylic acids is 2. The van der Waals surface area contributed by atoms with Gasteiger partial charge in [0.2, 0.25) is 5.91 Å². The zero-order valence-corrected chi connectivity index (χ0v) is 26.6. The third kappa shape index (κ3) is 6.56. The Bertz CT molecular complexity index is 1470. The Balaban J connectivity index is 1.29. The summed E-state index contributed by atoms with van der Waals surface area (Å²) in [6.45, 7) is 16.3. The number of hydrogen-bond donors (Lipinski definition) is 2. The van der Waals surface area contributed by atoms with E-state index in [1.807, 2.05) is 13.0 Å². The number of hydrogen-bond acceptors (Lipinski definition) is 6. The van der Waals surface area contributed by atoms with Crippen LogP contribution in [0, 0.1) is 18.8 Å². The van der Waals surface area contributed by atoms with Gasteiger partial charge >= 0.3 is 0 Å². The number of ether oxygens (including phenoxy) is 2. The molecule has 4 atom stereocenters. The van der Waals surface area contributed by atoms with Crippen molar-refractivity contribution in [3.05, 3.63) is 65.0 Å². The van der Waals surface area contributed by atoms with Gasteiger partial charge in [-0.3, -0.25) is 19.4 Å². The summed E-state index contributed by atoms with van der Waals surface area (Å²) in [6.07, 6.45) is 3.13. The van der Waals surface area contributed by atoms with Crippen LogP contribution in [-0.2, 0) is 20.8 Å². The van der Waals surface area contributed by atoms with Crippen LogP contribution in [0.3, 0.4) is 0 Å². The highest BCUT2D eigenvalue weighted by atomic mass is 16.5. The molecule has 3 aromatic rings. The van der Waals surface area contributed by atoms with Crippen LogP contribution >= 0.6 is 0 Å². The summed E-state index contributed by atoms with van der Waals surface area (Å²) < 4.78 is 13.4. The molecule has 3 fully saturated rings. The summed E-state index contributed by atoms with van der Waals surface area (Å²) in [4.78, 5) is 31.3. The van der Waals surface area contributed by atoms with Gasteiger partial charge < -0.3 is 24.5 Å². The first-order chi connectivity index (χ1) is 21.3. The predicted molar refractivity (Wildman–Crippen MR) is 172 cm³/mol. The van der Waals surface area contributed by atoms with Gasteiger partial charge in [-0.05, 0) is 61.9 Å². The van der Waals surface area contributed by atoms with E-state index in [2.05, 4.69) is 82.1 Å². The van der Waals surface area contributed by atoms with E-state index in [4.69, 9.17) is 9.47 Å². The van der Waals surface area contributed by atoms with E-state index in [1.165, 1.54) is 5.56 Å². The number of benzene rings is 1. The van der Waals surface area contributed by atoms with Crippen molar-refractivity contribution in [2.24, 2.45) is 11.8 Å². The van der Waals surface area contributed by atoms with Gasteiger partial charge in [-0.25, -0.2) is 0 Å². The molecule has 9 nitrogen and oxygen atoms in total. The lowest BCUT2D eigenvalue weighted by Crippen LogP contribution is -2.50. The maximum absolute atomic E-state index is 13.8. The van der Waals surface area contributed by atoms with Crippen LogP contribution < -0.4 is 10.6 Å². The van der Waals surface area contributed by atoms with E-state index in [9.17, 15) is 9.59 Å². The van der Waals surface area contributed by atoms with Gasteiger partial charge in [-0.15, -0.1) is 0 Å². The lowest BCUT2D eigenvalue weighted by atomic mass is 9.84. The quantitative estimate of drug-likeness (QED) is 0.406. The second kappa shape index (κ2) is 13.4. The number of piperidine rings is 1. The molecule has 0 bridgehead atoms. The van der Waals surface area contributed by atoms with Crippen LogP contribution in [0.2, 0.25) is 0 Å². The third-order valence-corrected chi connectivity index (χ3v) is 9.84. The number of carbonyl (C=O) groups is 2. The summed E-state index contributed by atoms with van der Waals surface area (Å²) in [5.74, 6) is -0.114. The smallest absolute Gasteiger partial charge is 0.251 e. The first-order valence-corrected chi connectivity index (χ1v) is 16.2. The highest BCUT2D eigenvalue weighted by Gasteiger charge is 2.33. The van der Waals surface area contributed by atoms with Crippen LogP contribution in [0.1, 0.15) is 60.4 Å².